The molecule has 0 bridgehead atoms. The van der Waals surface area contributed by atoms with Gasteiger partial charge in [-0.2, -0.15) is 4.57 Å². The molecule has 2 amide bonds. The van der Waals surface area contributed by atoms with Gasteiger partial charge >= 0.3 is 12.2 Å². The van der Waals surface area contributed by atoms with Crippen molar-refractivity contribution in [2.45, 2.75) is 19.9 Å². The van der Waals surface area contributed by atoms with Crippen LogP contribution < -0.4 is 35.9 Å². The van der Waals surface area contributed by atoms with Gasteiger partial charge in [-0.1, -0.05) is 0 Å². The number of carbonyl (C=O) groups is 2. The lowest BCUT2D eigenvalue weighted by atomic mass is 9.95. The molecule has 3 aromatic rings. The number of halogens is 1. The molecule has 38 heavy (non-hydrogen) atoms. The molecule has 1 fully saturated rings. The second kappa shape index (κ2) is 10.4. The first-order valence-electron chi connectivity index (χ1n) is 12.4. The molecule has 11 heteroatoms. The Morgan fingerprint density at radius 3 is 2.42 bits per heavy atom. The van der Waals surface area contributed by atoms with Crippen molar-refractivity contribution in [2.24, 2.45) is 0 Å². The van der Waals surface area contributed by atoms with E-state index >= 15 is 0 Å². The van der Waals surface area contributed by atoms with E-state index < -0.39 is 6.09 Å². The Hall–Kier alpha value is -3.92. The summed E-state index contributed by atoms with van der Waals surface area (Å²) in [6.45, 7) is 4.61. The van der Waals surface area contributed by atoms with E-state index in [0.717, 1.165) is 46.5 Å². The lowest BCUT2D eigenvalue weighted by Crippen LogP contribution is -3.00. The Morgan fingerprint density at radius 1 is 1.00 bits per heavy atom. The van der Waals surface area contributed by atoms with Crippen molar-refractivity contribution in [1.82, 2.24) is 9.80 Å². The third kappa shape index (κ3) is 4.49. The van der Waals surface area contributed by atoms with Crippen LogP contribution in [-0.2, 0) is 17.7 Å². The Morgan fingerprint density at radius 2 is 1.71 bits per heavy atom. The molecular formula is C27H28ClN3O7. The van der Waals surface area contributed by atoms with E-state index in [4.69, 9.17) is 23.7 Å². The van der Waals surface area contributed by atoms with E-state index in [0.29, 0.717) is 44.3 Å². The number of fused-ring (bicyclic) bond motifs is 5. The lowest BCUT2D eigenvalue weighted by Gasteiger charge is -2.33. The maximum atomic E-state index is 13.1. The fourth-order valence-corrected chi connectivity index (χ4v) is 5.10. The summed E-state index contributed by atoms with van der Waals surface area (Å²) in [5.41, 5.74) is 3.38. The number of aromatic nitrogens is 1. The SMILES string of the molecule is CCOC(=O)N1CCN(C(=O)Oc2c(OC)ccc3cc4[n+](cc23)CCc2cc3c(cc2-4)OCO3)CC1.[Cl-]. The average Bonchev–Trinajstić information content (AvgIpc) is 3.39. The fourth-order valence-electron chi connectivity index (χ4n) is 5.10. The van der Waals surface area contributed by atoms with Gasteiger partial charge in [0.05, 0.1) is 24.7 Å². The molecule has 3 aliphatic rings. The number of benzene rings is 2. The molecule has 4 heterocycles. The molecule has 0 atom stereocenters. The number of methoxy groups -OCH3 is 1. The highest BCUT2D eigenvalue weighted by Crippen LogP contribution is 2.41. The molecule has 0 unspecified atom stereocenters. The number of hydrogen-bond acceptors (Lipinski definition) is 7. The van der Waals surface area contributed by atoms with E-state index in [1.807, 2.05) is 24.4 Å². The van der Waals surface area contributed by atoms with Crippen LogP contribution in [0.5, 0.6) is 23.0 Å². The van der Waals surface area contributed by atoms with Crippen LogP contribution in [0.25, 0.3) is 22.0 Å². The van der Waals surface area contributed by atoms with Gasteiger partial charge in [0.15, 0.2) is 35.7 Å². The third-order valence-electron chi connectivity index (χ3n) is 7.05. The van der Waals surface area contributed by atoms with Crippen molar-refractivity contribution in [3.05, 3.63) is 42.1 Å². The first-order chi connectivity index (χ1) is 18.1. The fraction of sp³-hybridized carbons (Fsp3) is 0.370. The summed E-state index contributed by atoms with van der Waals surface area (Å²) in [7, 11) is 1.56. The Kier molecular flexibility index (Phi) is 7.07. The van der Waals surface area contributed by atoms with Crippen molar-refractivity contribution < 1.29 is 50.2 Å². The molecular weight excluding hydrogens is 514 g/mol. The molecule has 1 saturated heterocycles. The van der Waals surface area contributed by atoms with Crippen LogP contribution in [-0.4, -0.2) is 68.7 Å². The number of piperazine rings is 1. The van der Waals surface area contributed by atoms with Crippen LogP contribution in [0.1, 0.15) is 12.5 Å². The van der Waals surface area contributed by atoms with Gasteiger partial charge in [0.25, 0.3) is 0 Å². The molecule has 0 N–H and O–H groups in total. The topological polar surface area (TPSA) is 90.7 Å². The van der Waals surface area contributed by atoms with E-state index in [9.17, 15) is 9.59 Å². The molecule has 2 aromatic carbocycles. The third-order valence-corrected chi connectivity index (χ3v) is 7.05. The molecule has 0 spiro atoms. The molecule has 0 aliphatic carbocycles. The second-order valence-corrected chi connectivity index (χ2v) is 9.11. The number of ether oxygens (including phenoxy) is 5. The zero-order chi connectivity index (χ0) is 25.5. The minimum absolute atomic E-state index is 0. The predicted octanol–water partition coefficient (Wildman–Crippen LogP) is 0.365. The first kappa shape index (κ1) is 25.7. The van der Waals surface area contributed by atoms with Crippen LogP contribution in [0.4, 0.5) is 9.59 Å². The molecule has 10 nitrogen and oxygen atoms in total. The van der Waals surface area contributed by atoms with Gasteiger partial charge in [-0.15, -0.1) is 0 Å². The summed E-state index contributed by atoms with van der Waals surface area (Å²) in [4.78, 5) is 28.3. The molecule has 1 aromatic heterocycles. The maximum absolute atomic E-state index is 13.1. The van der Waals surface area contributed by atoms with Crippen molar-refractivity contribution in [1.29, 1.82) is 0 Å². The van der Waals surface area contributed by atoms with Crippen molar-refractivity contribution in [3.8, 4) is 34.3 Å². The monoisotopic (exact) mass is 541 g/mol. The number of rotatable bonds is 3. The van der Waals surface area contributed by atoms with Gasteiger partial charge in [-0.25, -0.2) is 9.59 Å². The van der Waals surface area contributed by atoms with Crippen molar-refractivity contribution in [2.75, 3.05) is 46.7 Å². The summed E-state index contributed by atoms with van der Waals surface area (Å²) in [6, 6.07) is 9.98. The summed E-state index contributed by atoms with van der Waals surface area (Å²) >= 11 is 0. The summed E-state index contributed by atoms with van der Waals surface area (Å²) in [6.07, 6.45) is 2.02. The van der Waals surface area contributed by atoms with E-state index in [1.54, 1.807) is 23.8 Å². The van der Waals surface area contributed by atoms with Crippen LogP contribution in [0.2, 0.25) is 0 Å². The second-order valence-electron chi connectivity index (χ2n) is 9.11. The minimum atomic E-state index is -0.477. The molecule has 3 aliphatic heterocycles. The van der Waals surface area contributed by atoms with Gasteiger partial charge in [0.1, 0.15) is 0 Å². The van der Waals surface area contributed by atoms with Crippen LogP contribution in [0.15, 0.2) is 36.5 Å². The van der Waals surface area contributed by atoms with E-state index in [-0.39, 0.29) is 25.3 Å². The predicted molar refractivity (Wildman–Crippen MR) is 132 cm³/mol. The zero-order valence-electron chi connectivity index (χ0n) is 21.2. The number of hydrogen-bond donors (Lipinski definition) is 0. The summed E-state index contributed by atoms with van der Waals surface area (Å²) < 4.78 is 29.9. The number of aryl methyl sites for hydroxylation is 2. The number of nitrogens with zero attached hydrogens (tertiary/aromatic N) is 3. The van der Waals surface area contributed by atoms with Gasteiger partial charge in [-0.05, 0) is 42.1 Å². The summed E-state index contributed by atoms with van der Waals surface area (Å²) in [5, 5.41) is 1.71. The van der Waals surface area contributed by atoms with Crippen LogP contribution >= 0.6 is 0 Å². The van der Waals surface area contributed by atoms with E-state index in [1.165, 1.54) is 5.56 Å². The highest BCUT2D eigenvalue weighted by molar-refractivity contribution is 5.93. The molecule has 6 rings (SSSR count). The van der Waals surface area contributed by atoms with Crippen molar-refractivity contribution >= 4 is 23.0 Å². The van der Waals surface area contributed by atoms with Gasteiger partial charge in [0, 0.05) is 38.7 Å². The maximum Gasteiger partial charge on any atom is 0.415 e. The van der Waals surface area contributed by atoms with Gasteiger partial charge in [0.2, 0.25) is 12.5 Å². The minimum Gasteiger partial charge on any atom is -1.00 e. The van der Waals surface area contributed by atoms with Gasteiger partial charge < -0.3 is 45.9 Å². The van der Waals surface area contributed by atoms with Crippen LogP contribution in [0, 0.1) is 0 Å². The number of amides is 2. The molecule has 0 radical (unpaired) electrons. The summed E-state index contributed by atoms with van der Waals surface area (Å²) in [5.74, 6) is 2.39. The smallest absolute Gasteiger partial charge is 0.415 e. The Balaban J connectivity index is 0.00000294. The van der Waals surface area contributed by atoms with Crippen molar-refractivity contribution in [3.63, 3.8) is 0 Å². The normalized spacial score (nSPS) is 15.3. The largest absolute Gasteiger partial charge is 1.00 e. The Bertz CT molecular complexity index is 1410. The zero-order valence-corrected chi connectivity index (χ0v) is 22.0. The highest BCUT2D eigenvalue weighted by atomic mass is 35.5. The lowest BCUT2D eigenvalue weighted by molar-refractivity contribution is -0.686. The first-order valence-corrected chi connectivity index (χ1v) is 12.4. The highest BCUT2D eigenvalue weighted by Gasteiger charge is 2.30. The number of pyridine rings is 1. The van der Waals surface area contributed by atoms with Gasteiger partial charge in [-0.3, -0.25) is 0 Å². The quantitative estimate of drug-likeness (QED) is 0.442. The Labute approximate surface area is 226 Å². The molecule has 200 valence electrons. The average molecular weight is 542 g/mol. The number of carbonyl (C=O) groups excluding carboxylic acids is 2. The standard InChI is InChI=1S/C27H28N3O7.ClH/c1-3-34-26(31)28-8-10-29(11-9-28)27(32)37-25-20-15-30-7-6-18-13-23-24(36-16-35-23)14-19(18)21(30)12-17(20)4-5-22(25)33-2;/h4-5,12-15H,3,6-11,16H2,1-2H3;1H/q+1;/p-1. The van der Waals surface area contributed by atoms with E-state index in [2.05, 4.69) is 16.7 Å². The van der Waals surface area contributed by atoms with Crippen LogP contribution in [0.3, 0.4) is 0 Å². The molecule has 0 saturated carbocycles.